The summed E-state index contributed by atoms with van der Waals surface area (Å²) in [6.07, 6.45) is 4.37. The van der Waals surface area contributed by atoms with Gasteiger partial charge < -0.3 is 14.4 Å². The molecular formula is C21H26N2O2. The molecule has 0 atom stereocenters. The van der Waals surface area contributed by atoms with Gasteiger partial charge in [0.05, 0.1) is 14.2 Å². The number of benzene rings is 2. The zero-order chi connectivity index (χ0) is 17.5. The van der Waals surface area contributed by atoms with E-state index in [4.69, 9.17) is 9.47 Å². The van der Waals surface area contributed by atoms with Crippen molar-refractivity contribution >= 4 is 11.8 Å². The number of ether oxygens (including phenoxy) is 2. The Hall–Kier alpha value is -2.46. The van der Waals surface area contributed by atoms with E-state index in [2.05, 4.69) is 40.2 Å². The van der Waals surface area contributed by atoms with Crippen LogP contribution in [-0.4, -0.2) is 51.8 Å². The van der Waals surface area contributed by atoms with Crippen molar-refractivity contribution < 1.29 is 9.47 Å². The number of piperazine rings is 1. The molecule has 1 aliphatic rings. The highest BCUT2D eigenvalue weighted by Crippen LogP contribution is 2.21. The molecule has 132 valence electrons. The molecule has 1 saturated heterocycles. The second-order valence-electron chi connectivity index (χ2n) is 6.13. The van der Waals surface area contributed by atoms with Crippen molar-refractivity contribution in [2.45, 2.75) is 0 Å². The number of rotatable bonds is 6. The molecule has 0 spiro atoms. The van der Waals surface area contributed by atoms with Crippen molar-refractivity contribution in [3.63, 3.8) is 0 Å². The summed E-state index contributed by atoms with van der Waals surface area (Å²) in [5, 5.41) is 0. The summed E-state index contributed by atoms with van der Waals surface area (Å²) in [7, 11) is 3.41. The van der Waals surface area contributed by atoms with Crippen LogP contribution in [0.3, 0.4) is 0 Å². The molecule has 0 radical (unpaired) electrons. The van der Waals surface area contributed by atoms with Crippen LogP contribution in [-0.2, 0) is 0 Å². The van der Waals surface area contributed by atoms with E-state index in [1.165, 1.54) is 5.69 Å². The minimum Gasteiger partial charge on any atom is -0.497 e. The highest BCUT2D eigenvalue weighted by Gasteiger charge is 2.16. The lowest BCUT2D eigenvalue weighted by atomic mass is 10.2. The molecule has 4 heteroatoms. The number of anilines is 1. The van der Waals surface area contributed by atoms with E-state index in [1.807, 2.05) is 30.3 Å². The van der Waals surface area contributed by atoms with Crippen LogP contribution in [0.1, 0.15) is 5.56 Å². The maximum atomic E-state index is 5.39. The molecular weight excluding hydrogens is 312 g/mol. The molecule has 0 N–H and O–H groups in total. The Balaban J connectivity index is 1.49. The second-order valence-corrected chi connectivity index (χ2v) is 6.13. The maximum Gasteiger partial charge on any atom is 0.126 e. The second kappa shape index (κ2) is 8.58. The molecule has 0 bridgehead atoms. The van der Waals surface area contributed by atoms with Crippen LogP contribution < -0.4 is 14.4 Å². The smallest absolute Gasteiger partial charge is 0.126 e. The Morgan fingerprint density at radius 1 is 0.880 bits per heavy atom. The Labute approximate surface area is 150 Å². The highest BCUT2D eigenvalue weighted by molar-refractivity contribution is 5.57. The average Bonchev–Trinajstić information content (AvgIpc) is 2.69. The molecule has 0 aromatic heterocycles. The van der Waals surface area contributed by atoms with E-state index in [1.54, 1.807) is 14.2 Å². The normalized spacial score (nSPS) is 15.5. The zero-order valence-electron chi connectivity index (χ0n) is 15.0. The third-order valence-electron chi connectivity index (χ3n) is 4.61. The average molecular weight is 338 g/mol. The number of para-hydroxylation sites is 1. The van der Waals surface area contributed by atoms with Gasteiger partial charge in [0.25, 0.3) is 0 Å². The predicted octanol–water partition coefficient (Wildman–Crippen LogP) is 3.54. The van der Waals surface area contributed by atoms with Gasteiger partial charge in [-0.05, 0) is 30.3 Å². The van der Waals surface area contributed by atoms with E-state index in [9.17, 15) is 0 Å². The van der Waals surface area contributed by atoms with Gasteiger partial charge in [-0.1, -0.05) is 30.4 Å². The summed E-state index contributed by atoms with van der Waals surface area (Å²) in [5.41, 5.74) is 2.40. The largest absolute Gasteiger partial charge is 0.497 e. The molecule has 2 aromatic carbocycles. The summed E-state index contributed by atoms with van der Waals surface area (Å²) in [6, 6.07) is 16.4. The van der Waals surface area contributed by atoms with Crippen LogP contribution in [0.5, 0.6) is 11.5 Å². The van der Waals surface area contributed by atoms with Crippen molar-refractivity contribution in [2.24, 2.45) is 0 Å². The molecule has 0 unspecified atom stereocenters. The number of hydrogen-bond donors (Lipinski definition) is 0. The minimum absolute atomic E-state index is 0.906. The van der Waals surface area contributed by atoms with E-state index in [0.717, 1.165) is 49.8 Å². The number of nitrogens with zero attached hydrogens (tertiary/aromatic N) is 2. The Kier molecular flexibility index (Phi) is 5.96. The minimum atomic E-state index is 0.906. The van der Waals surface area contributed by atoms with Crippen LogP contribution >= 0.6 is 0 Å². The number of methoxy groups -OCH3 is 2. The molecule has 0 amide bonds. The lowest BCUT2D eigenvalue weighted by molar-refractivity contribution is 0.284. The Bertz CT molecular complexity index is 689. The van der Waals surface area contributed by atoms with Crippen LogP contribution in [0.4, 0.5) is 5.69 Å². The van der Waals surface area contributed by atoms with Crippen LogP contribution in [0.15, 0.2) is 54.6 Å². The lowest BCUT2D eigenvalue weighted by Gasteiger charge is -2.35. The van der Waals surface area contributed by atoms with Gasteiger partial charge in [0.2, 0.25) is 0 Å². The van der Waals surface area contributed by atoms with Crippen molar-refractivity contribution in [1.82, 2.24) is 4.90 Å². The van der Waals surface area contributed by atoms with Crippen molar-refractivity contribution in [3.05, 3.63) is 60.2 Å². The standard InChI is InChI=1S/C21H26N2O2/c1-24-20-11-9-19(10-12-20)23-16-14-22(15-17-23)13-5-7-18-6-3-4-8-21(18)25-2/h3-12H,13-17H2,1-2H3/b7-5+. The van der Waals surface area contributed by atoms with E-state index < -0.39 is 0 Å². The predicted molar refractivity (Wildman–Crippen MR) is 104 cm³/mol. The van der Waals surface area contributed by atoms with Crippen molar-refractivity contribution in [3.8, 4) is 11.5 Å². The summed E-state index contributed by atoms with van der Waals surface area (Å²) < 4.78 is 10.6. The van der Waals surface area contributed by atoms with Crippen molar-refractivity contribution in [2.75, 3.05) is 51.8 Å². The third kappa shape index (κ3) is 4.54. The van der Waals surface area contributed by atoms with Gasteiger partial charge in [-0.15, -0.1) is 0 Å². The van der Waals surface area contributed by atoms with Gasteiger partial charge in [-0.3, -0.25) is 4.90 Å². The third-order valence-corrected chi connectivity index (χ3v) is 4.61. The molecule has 0 aliphatic carbocycles. The fourth-order valence-corrected chi connectivity index (χ4v) is 3.11. The SMILES string of the molecule is COc1ccc(N2CCN(C/C=C/c3ccccc3OC)CC2)cc1. The van der Waals surface area contributed by atoms with Crippen LogP contribution in [0.25, 0.3) is 6.08 Å². The maximum absolute atomic E-state index is 5.39. The summed E-state index contributed by atoms with van der Waals surface area (Å²) in [4.78, 5) is 4.91. The van der Waals surface area contributed by atoms with Gasteiger partial charge in [0.15, 0.2) is 0 Å². The Morgan fingerprint density at radius 2 is 1.60 bits per heavy atom. The first-order valence-electron chi connectivity index (χ1n) is 8.71. The first kappa shape index (κ1) is 17.4. The quantitative estimate of drug-likeness (QED) is 0.804. The van der Waals surface area contributed by atoms with Crippen LogP contribution in [0.2, 0.25) is 0 Å². The van der Waals surface area contributed by atoms with Gasteiger partial charge in [0, 0.05) is 44.0 Å². The Morgan fingerprint density at radius 3 is 2.28 bits per heavy atom. The molecule has 1 fully saturated rings. The molecule has 1 aliphatic heterocycles. The molecule has 1 heterocycles. The van der Waals surface area contributed by atoms with E-state index >= 15 is 0 Å². The molecule has 4 nitrogen and oxygen atoms in total. The van der Waals surface area contributed by atoms with E-state index in [-0.39, 0.29) is 0 Å². The number of hydrogen-bond acceptors (Lipinski definition) is 4. The van der Waals surface area contributed by atoms with E-state index in [0.29, 0.717) is 0 Å². The molecule has 0 saturated carbocycles. The summed E-state index contributed by atoms with van der Waals surface area (Å²) >= 11 is 0. The fourth-order valence-electron chi connectivity index (χ4n) is 3.11. The first-order valence-corrected chi connectivity index (χ1v) is 8.71. The van der Waals surface area contributed by atoms with Gasteiger partial charge in [-0.2, -0.15) is 0 Å². The van der Waals surface area contributed by atoms with Gasteiger partial charge >= 0.3 is 0 Å². The molecule has 25 heavy (non-hydrogen) atoms. The van der Waals surface area contributed by atoms with Crippen LogP contribution in [0, 0.1) is 0 Å². The monoisotopic (exact) mass is 338 g/mol. The summed E-state index contributed by atoms with van der Waals surface area (Å²) in [6.45, 7) is 5.21. The molecule has 2 aromatic rings. The topological polar surface area (TPSA) is 24.9 Å². The fraction of sp³-hybridized carbons (Fsp3) is 0.333. The highest BCUT2D eigenvalue weighted by atomic mass is 16.5. The first-order chi connectivity index (χ1) is 12.3. The van der Waals surface area contributed by atoms with Gasteiger partial charge in [0.1, 0.15) is 11.5 Å². The lowest BCUT2D eigenvalue weighted by Crippen LogP contribution is -2.46. The van der Waals surface area contributed by atoms with Crippen molar-refractivity contribution in [1.29, 1.82) is 0 Å². The zero-order valence-corrected chi connectivity index (χ0v) is 15.0. The molecule has 3 rings (SSSR count). The van der Waals surface area contributed by atoms with Gasteiger partial charge in [-0.25, -0.2) is 0 Å². The summed E-state index contributed by atoms with van der Waals surface area (Å²) in [5.74, 6) is 1.83.